The van der Waals surface area contributed by atoms with Gasteiger partial charge in [0.05, 0.1) is 11.6 Å². The summed E-state index contributed by atoms with van der Waals surface area (Å²) >= 11 is 0. The molecule has 0 saturated carbocycles. The third kappa shape index (κ3) is 4.80. The Balaban J connectivity index is 1.56. The molecule has 0 radical (unpaired) electrons. The number of benzene rings is 3. The maximum absolute atomic E-state index is 12.3. The quantitative estimate of drug-likeness (QED) is 0.381. The topological polar surface area (TPSA) is 76.4 Å². The third-order valence-corrected chi connectivity index (χ3v) is 3.70. The summed E-state index contributed by atoms with van der Waals surface area (Å²) in [4.78, 5) is 24.2. The third-order valence-electron chi connectivity index (χ3n) is 3.70. The molecule has 0 heterocycles. The second-order valence-electron chi connectivity index (χ2n) is 5.62. The van der Waals surface area contributed by atoms with Gasteiger partial charge in [-0.1, -0.05) is 36.4 Å². The molecule has 132 valence electrons. The lowest BCUT2D eigenvalue weighted by Gasteiger charge is -2.08. The monoisotopic (exact) mass is 357 g/mol. The molecule has 0 spiro atoms. The van der Waals surface area contributed by atoms with Gasteiger partial charge in [0.25, 0.3) is 0 Å². The number of hydrogen-bond acceptors (Lipinski definition) is 5. The van der Waals surface area contributed by atoms with Gasteiger partial charge in [-0.05, 0) is 42.5 Å². The van der Waals surface area contributed by atoms with Gasteiger partial charge < -0.3 is 9.47 Å². The summed E-state index contributed by atoms with van der Waals surface area (Å²) < 4.78 is 10.5. The smallest absolute Gasteiger partial charge is 0.349 e. The normalized spacial score (nSPS) is 9.89. The molecule has 0 unspecified atom stereocenters. The number of nitriles is 1. The largest absolute Gasteiger partial charge is 0.482 e. The molecule has 0 aromatic heterocycles. The van der Waals surface area contributed by atoms with Gasteiger partial charge >= 0.3 is 5.97 Å². The highest BCUT2D eigenvalue weighted by Crippen LogP contribution is 2.16. The Bertz CT molecular complexity index is 989. The number of esters is 1. The second kappa shape index (κ2) is 8.45. The molecule has 3 aromatic rings. The van der Waals surface area contributed by atoms with Crippen molar-refractivity contribution in [1.82, 2.24) is 0 Å². The lowest BCUT2D eigenvalue weighted by atomic mass is 10.0. The molecule has 0 fully saturated rings. The minimum Gasteiger partial charge on any atom is -0.482 e. The van der Waals surface area contributed by atoms with Crippen LogP contribution in [0.25, 0.3) is 0 Å². The zero-order chi connectivity index (χ0) is 19.1. The van der Waals surface area contributed by atoms with Crippen LogP contribution in [-0.4, -0.2) is 18.4 Å². The summed E-state index contributed by atoms with van der Waals surface area (Å²) in [6.07, 6.45) is 0. The van der Waals surface area contributed by atoms with Gasteiger partial charge in [-0.25, -0.2) is 4.79 Å². The van der Waals surface area contributed by atoms with Crippen molar-refractivity contribution in [3.63, 3.8) is 0 Å². The van der Waals surface area contributed by atoms with E-state index in [1.807, 2.05) is 24.3 Å². The van der Waals surface area contributed by atoms with E-state index in [0.717, 1.165) is 0 Å². The predicted molar refractivity (Wildman–Crippen MR) is 98.6 cm³/mol. The number of carbonyl (C=O) groups excluding carboxylic acids is 2. The number of nitrogens with zero attached hydrogens (tertiary/aromatic N) is 1. The Morgan fingerprint density at radius 1 is 0.815 bits per heavy atom. The fourth-order valence-electron chi connectivity index (χ4n) is 2.39. The minimum atomic E-state index is -0.588. The molecule has 3 rings (SSSR count). The van der Waals surface area contributed by atoms with Crippen LogP contribution in [0.3, 0.4) is 0 Å². The van der Waals surface area contributed by atoms with Crippen molar-refractivity contribution < 1.29 is 19.1 Å². The van der Waals surface area contributed by atoms with Crippen molar-refractivity contribution in [3.05, 3.63) is 95.6 Å². The lowest BCUT2D eigenvalue weighted by Crippen LogP contribution is -2.17. The summed E-state index contributed by atoms with van der Waals surface area (Å²) in [5, 5.41) is 8.84. The van der Waals surface area contributed by atoms with Gasteiger partial charge in [0.15, 0.2) is 12.4 Å². The maximum atomic E-state index is 12.3. The zero-order valence-corrected chi connectivity index (χ0v) is 14.3. The van der Waals surface area contributed by atoms with Gasteiger partial charge in [-0.3, -0.25) is 4.79 Å². The van der Waals surface area contributed by atoms with Crippen molar-refractivity contribution in [1.29, 1.82) is 5.26 Å². The molecule has 0 aliphatic carbocycles. The van der Waals surface area contributed by atoms with Crippen LogP contribution in [0.4, 0.5) is 0 Å². The van der Waals surface area contributed by atoms with Crippen LogP contribution in [0, 0.1) is 11.3 Å². The Morgan fingerprint density at radius 3 is 2.22 bits per heavy atom. The summed E-state index contributed by atoms with van der Waals surface area (Å²) in [7, 11) is 0. The first kappa shape index (κ1) is 17.9. The highest BCUT2D eigenvalue weighted by molar-refractivity contribution is 6.08. The van der Waals surface area contributed by atoms with Crippen LogP contribution in [-0.2, 0) is 4.79 Å². The molecular weight excluding hydrogens is 342 g/mol. The molecule has 0 aliphatic heterocycles. The summed E-state index contributed by atoms with van der Waals surface area (Å²) in [6, 6.07) is 23.8. The molecule has 0 bridgehead atoms. The second-order valence-corrected chi connectivity index (χ2v) is 5.62. The lowest BCUT2D eigenvalue weighted by molar-refractivity contribution is -0.136. The average Bonchev–Trinajstić information content (AvgIpc) is 2.73. The first-order valence-corrected chi connectivity index (χ1v) is 8.19. The van der Waals surface area contributed by atoms with E-state index in [1.165, 1.54) is 6.07 Å². The van der Waals surface area contributed by atoms with E-state index in [9.17, 15) is 9.59 Å². The molecule has 5 nitrogen and oxygen atoms in total. The van der Waals surface area contributed by atoms with Gasteiger partial charge in [-0.15, -0.1) is 0 Å². The number of ketones is 1. The Kier molecular flexibility index (Phi) is 5.60. The molecule has 0 saturated heterocycles. The van der Waals surface area contributed by atoms with E-state index in [2.05, 4.69) is 0 Å². The highest BCUT2D eigenvalue weighted by Gasteiger charge is 2.10. The van der Waals surface area contributed by atoms with E-state index in [1.54, 1.807) is 54.6 Å². The van der Waals surface area contributed by atoms with Gasteiger partial charge in [0, 0.05) is 11.1 Å². The summed E-state index contributed by atoms with van der Waals surface area (Å²) in [5.74, 6) is 0.0576. The summed E-state index contributed by atoms with van der Waals surface area (Å²) in [6.45, 7) is -0.289. The molecule has 0 atom stereocenters. The van der Waals surface area contributed by atoms with Crippen molar-refractivity contribution in [2.75, 3.05) is 6.61 Å². The number of hydrogen-bond donors (Lipinski definition) is 0. The van der Waals surface area contributed by atoms with E-state index in [-0.39, 0.29) is 18.1 Å². The first-order valence-electron chi connectivity index (χ1n) is 8.19. The summed E-state index contributed by atoms with van der Waals surface area (Å²) in [5.41, 5.74) is 1.54. The van der Waals surface area contributed by atoms with Crippen LogP contribution >= 0.6 is 0 Å². The van der Waals surface area contributed by atoms with Crippen LogP contribution in [0.1, 0.15) is 21.5 Å². The minimum absolute atomic E-state index is 0.0843. The fourth-order valence-corrected chi connectivity index (χ4v) is 2.39. The van der Waals surface area contributed by atoms with Gasteiger partial charge in [0.1, 0.15) is 11.5 Å². The van der Waals surface area contributed by atoms with E-state index in [4.69, 9.17) is 14.7 Å². The van der Waals surface area contributed by atoms with Gasteiger partial charge in [-0.2, -0.15) is 5.26 Å². The van der Waals surface area contributed by atoms with Crippen LogP contribution in [0.2, 0.25) is 0 Å². The Labute approximate surface area is 156 Å². The molecular formula is C22H15NO4. The molecule has 27 heavy (non-hydrogen) atoms. The first-order chi connectivity index (χ1) is 13.2. The average molecular weight is 357 g/mol. The maximum Gasteiger partial charge on any atom is 0.349 e. The molecule has 0 aliphatic rings. The van der Waals surface area contributed by atoms with Crippen molar-refractivity contribution >= 4 is 11.8 Å². The van der Waals surface area contributed by atoms with Crippen LogP contribution in [0.5, 0.6) is 11.5 Å². The van der Waals surface area contributed by atoms with Crippen molar-refractivity contribution in [2.24, 2.45) is 0 Å². The molecule has 0 N–H and O–H groups in total. The Morgan fingerprint density at radius 2 is 1.52 bits per heavy atom. The number of rotatable bonds is 6. The van der Waals surface area contributed by atoms with E-state index < -0.39 is 5.97 Å². The van der Waals surface area contributed by atoms with Gasteiger partial charge in [0.2, 0.25) is 0 Å². The van der Waals surface area contributed by atoms with E-state index >= 15 is 0 Å². The Hall–Kier alpha value is -3.91. The number of carbonyl (C=O) groups is 2. The molecule has 5 heteroatoms. The van der Waals surface area contributed by atoms with Crippen molar-refractivity contribution in [2.45, 2.75) is 0 Å². The van der Waals surface area contributed by atoms with Crippen LogP contribution < -0.4 is 9.47 Å². The van der Waals surface area contributed by atoms with Crippen molar-refractivity contribution in [3.8, 4) is 17.6 Å². The number of ether oxygens (including phenoxy) is 2. The predicted octanol–water partition coefficient (Wildman–Crippen LogP) is 3.77. The van der Waals surface area contributed by atoms with Crippen LogP contribution in [0.15, 0.2) is 78.9 Å². The molecule has 3 aromatic carbocycles. The zero-order valence-electron chi connectivity index (χ0n) is 14.3. The fraction of sp³-hybridized carbons (Fsp3) is 0.0455. The SMILES string of the molecule is N#Cc1cccc(OC(=O)COc2ccc(C(=O)c3ccccc3)cc2)c1. The standard InChI is InChI=1S/C22H15NO4/c23-14-16-5-4-8-20(13-16)27-21(24)15-26-19-11-9-18(10-12-19)22(25)17-6-2-1-3-7-17/h1-13H,15H2. The molecule has 0 amide bonds. The highest BCUT2D eigenvalue weighted by atomic mass is 16.6. The van der Waals surface area contributed by atoms with E-state index in [0.29, 0.717) is 22.4 Å².